The molecular formula is C49H58FN5O8. The maximum atomic E-state index is 18.6. The van der Waals surface area contributed by atoms with Gasteiger partial charge < -0.3 is 33.4 Å². The molecule has 3 heterocycles. The van der Waals surface area contributed by atoms with Gasteiger partial charge in [0.1, 0.15) is 35.0 Å². The molecule has 5 aromatic rings. The summed E-state index contributed by atoms with van der Waals surface area (Å²) < 4.78 is 49.4. The number of rotatable bonds is 20. The lowest BCUT2D eigenvalue weighted by Gasteiger charge is -2.41. The molecule has 4 atom stereocenters. The Labute approximate surface area is 368 Å². The van der Waals surface area contributed by atoms with Gasteiger partial charge in [-0.2, -0.15) is 0 Å². The number of nitrogens with zero attached hydrogens (tertiary/aromatic N) is 4. The first-order chi connectivity index (χ1) is 30.2. The number of anilines is 1. The third-order valence-electron chi connectivity index (χ3n) is 11.1. The number of imidazole rings is 1. The highest BCUT2D eigenvalue weighted by Crippen LogP contribution is 2.45. The third kappa shape index (κ3) is 11.0. The Morgan fingerprint density at radius 3 is 2.19 bits per heavy atom. The van der Waals surface area contributed by atoms with E-state index in [2.05, 4.69) is 33.1 Å². The summed E-state index contributed by atoms with van der Waals surface area (Å²) in [5.41, 5.74) is -5.35. The topological polar surface area (TPSA) is 156 Å². The van der Waals surface area contributed by atoms with Crippen molar-refractivity contribution in [3.8, 4) is 18.1 Å². The van der Waals surface area contributed by atoms with Crippen molar-refractivity contribution >= 4 is 29.0 Å². The molecule has 0 radical (unpaired) electrons. The molecule has 0 aliphatic carbocycles. The molecule has 1 fully saturated rings. The minimum atomic E-state index is -3.04. The van der Waals surface area contributed by atoms with Crippen LogP contribution < -0.4 is 10.1 Å². The van der Waals surface area contributed by atoms with Gasteiger partial charge in [0.25, 0.3) is 0 Å². The van der Waals surface area contributed by atoms with Crippen molar-refractivity contribution in [1.82, 2.24) is 19.5 Å². The molecule has 3 aromatic carbocycles. The number of methoxy groups -OCH3 is 1. The molecule has 13 nitrogen and oxygen atoms in total. The number of aliphatic hydroxyl groups is 1. The molecule has 63 heavy (non-hydrogen) atoms. The van der Waals surface area contributed by atoms with Gasteiger partial charge in [-0.3, -0.25) is 5.32 Å². The van der Waals surface area contributed by atoms with E-state index in [1.54, 1.807) is 44.6 Å². The van der Waals surface area contributed by atoms with Gasteiger partial charge in [-0.15, -0.1) is 6.42 Å². The molecule has 2 N–H and O–H groups in total. The highest BCUT2D eigenvalue weighted by Gasteiger charge is 2.53. The largest absolute Gasteiger partial charge is 0.497 e. The number of terminal acetylenes is 1. The van der Waals surface area contributed by atoms with Crippen LogP contribution in [0.3, 0.4) is 0 Å². The van der Waals surface area contributed by atoms with Gasteiger partial charge in [0.2, 0.25) is 5.67 Å². The van der Waals surface area contributed by atoms with Crippen LogP contribution in [0, 0.1) is 12.3 Å². The zero-order chi connectivity index (χ0) is 45.1. The molecule has 1 aliphatic rings. The van der Waals surface area contributed by atoms with Gasteiger partial charge in [0.05, 0.1) is 39.3 Å². The predicted molar refractivity (Wildman–Crippen MR) is 237 cm³/mol. The SMILES string of the molecule is C#CC(O)(CC(F)(COC(c1ccccc1)(c1ccccc1)c1ccc(OC)cc1)C(=O)OC1CCOC1)[C@@H](CCCCCCC)n1cnc2c(NC(=O)OC(C)(C)C)ncnc21. The summed E-state index contributed by atoms with van der Waals surface area (Å²) in [6.45, 7) is 6.85. The summed E-state index contributed by atoms with van der Waals surface area (Å²) >= 11 is 0. The zero-order valence-corrected chi connectivity index (χ0v) is 36.7. The monoisotopic (exact) mass is 863 g/mol. The normalized spacial score (nSPS) is 16.6. The second kappa shape index (κ2) is 20.5. The fourth-order valence-electron chi connectivity index (χ4n) is 8.00. The molecule has 14 heteroatoms. The first-order valence-electron chi connectivity index (χ1n) is 21.5. The van der Waals surface area contributed by atoms with Crippen molar-refractivity contribution in [2.24, 2.45) is 0 Å². The van der Waals surface area contributed by atoms with Crippen molar-refractivity contribution in [2.45, 2.75) is 114 Å². The van der Waals surface area contributed by atoms with Gasteiger partial charge in [-0.25, -0.2) is 28.9 Å². The molecule has 1 saturated heterocycles. The zero-order valence-electron chi connectivity index (χ0n) is 36.7. The second-order valence-corrected chi connectivity index (χ2v) is 16.9. The van der Waals surface area contributed by atoms with E-state index >= 15 is 4.39 Å². The van der Waals surface area contributed by atoms with E-state index in [1.165, 1.54) is 12.7 Å². The van der Waals surface area contributed by atoms with E-state index in [9.17, 15) is 14.7 Å². The highest BCUT2D eigenvalue weighted by atomic mass is 19.1. The number of halogens is 1. The molecule has 6 rings (SSSR count). The number of ether oxygens (including phenoxy) is 5. The fraction of sp³-hybridized carbons (Fsp3) is 0.449. The summed E-state index contributed by atoms with van der Waals surface area (Å²) in [4.78, 5) is 40.6. The number of carbonyl (C=O) groups excluding carboxylic acids is 2. The van der Waals surface area contributed by atoms with E-state index in [1.807, 2.05) is 72.8 Å². The van der Waals surface area contributed by atoms with Gasteiger partial charge >= 0.3 is 12.1 Å². The number of hydrogen-bond donors (Lipinski definition) is 2. The molecule has 334 valence electrons. The Morgan fingerprint density at radius 2 is 1.60 bits per heavy atom. The molecule has 1 amide bonds. The number of benzene rings is 3. The number of alkyl halides is 1. The summed E-state index contributed by atoms with van der Waals surface area (Å²) in [6, 6.07) is 24.8. The molecule has 3 unspecified atom stereocenters. The number of hydrogen-bond acceptors (Lipinski definition) is 11. The number of amides is 1. The lowest BCUT2D eigenvalue weighted by molar-refractivity contribution is -0.177. The van der Waals surface area contributed by atoms with Crippen LogP contribution in [0.1, 0.15) is 102 Å². The Bertz CT molecular complexity index is 2270. The van der Waals surface area contributed by atoms with Crippen LogP contribution in [-0.2, 0) is 29.3 Å². The van der Waals surface area contributed by atoms with Crippen molar-refractivity contribution < 1.29 is 42.8 Å². The maximum absolute atomic E-state index is 18.6. The van der Waals surface area contributed by atoms with E-state index in [0.29, 0.717) is 41.9 Å². The molecule has 2 aromatic heterocycles. The smallest absolute Gasteiger partial charge is 0.413 e. The standard InChI is InChI=1S/C49H58FN5O8/c1-7-9-10-11-18-23-40(55-34-53-41-42(51-33-52-43(41)55)54-45(57)63-46(3,4)5)48(58,8-2)31-47(50,44(56)62-39-28-29-60-30-39)32-61-49(35-19-14-12-15-20-35,36-21-16-13-17-22-36)37-24-26-38(59-6)27-25-37/h2,12-17,19-22,24-27,33-34,39-40,58H,7,9-11,18,23,28-32H2,1,3-6H3,(H,51,52,54,57)/t39?,40-,47?,48?/m1/s1. The van der Waals surface area contributed by atoms with Gasteiger partial charge in [-0.05, 0) is 56.0 Å². The Morgan fingerprint density at radius 1 is 0.952 bits per heavy atom. The van der Waals surface area contributed by atoms with E-state index in [-0.39, 0.29) is 30.0 Å². The quantitative estimate of drug-likeness (QED) is 0.0334. The number of carbonyl (C=O) groups is 2. The summed E-state index contributed by atoms with van der Waals surface area (Å²) in [7, 11) is 1.57. The van der Waals surface area contributed by atoms with Crippen LogP contribution in [0.25, 0.3) is 11.2 Å². The Kier molecular flexibility index (Phi) is 15.2. The predicted octanol–water partition coefficient (Wildman–Crippen LogP) is 8.89. The van der Waals surface area contributed by atoms with Crippen LogP contribution in [0.5, 0.6) is 5.75 Å². The van der Waals surface area contributed by atoms with Crippen LogP contribution in [0.15, 0.2) is 97.6 Å². The van der Waals surface area contributed by atoms with Gasteiger partial charge in [-0.1, -0.05) is 118 Å². The number of fused-ring (bicyclic) bond motifs is 1. The first kappa shape index (κ1) is 46.6. The van der Waals surface area contributed by atoms with Crippen LogP contribution in [-0.4, -0.2) is 86.6 Å². The van der Waals surface area contributed by atoms with Crippen LogP contribution >= 0.6 is 0 Å². The summed E-state index contributed by atoms with van der Waals surface area (Å²) in [6.07, 6.45) is 11.5. The minimum Gasteiger partial charge on any atom is -0.497 e. The van der Waals surface area contributed by atoms with E-state index < -0.39 is 59.7 Å². The number of nitrogens with one attached hydrogen (secondary N) is 1. The third-order valence-corrected chi connectivity index (χ3v) is 11.1. The van der Waals surface area contributed by atoms with Crippen molar-refractivity contribution in [1.29, 1.82) is 0 Å². The number of esters is 1. The van der Waals surface area contributed by atoms with Crippen molar-refractivity contribution in [2.75, 3.05) is 32.2 Å². The molecule has 0 spiro atoms. The van der Waals surface area contributed by atoms with Gasteiger partial charge in [0, 0.05) is 12.8 Å². The lowest BCUT2D eigenvalue weighted by atomic mass is 9.79. The van der Waals surface area contributed by atoms with Crippen molar-refractivity contribution in [3.05, 3.63) is 114 Å². The second-order valence-electron chi connectivity index (χ2n) is 16.9. The summed E-state index contributed by atoms with van der Waals surface area (Å²) in [5, 5.41) is 15.5. The Balaban J connectivity index is 1.45. The molecule has 0 saturated carbocycles. The number of aromatic nitrogens is 4. The average molecular weight is 864 g/mol. The van der Waals surface area contributed by atoms with E-state index in [0.717, 1.165) is 25.7 Å². The molecular weight excluding hydrogens is 806 g/mol. The van der Waals surface area contributed by atoms with Crippen LogP contribution in [0.4, 0.5) is 15.0 Å². The van der Waals surface area contributed by atoms with Crippen molar-refractivity contribution in [3.63, 3.8) is 0 Å². The lowest BCUT2D eigenvalue weighted by Crippen LogP contribution is -2.52. The van der Waals surface area contributed by atoms with Crippen LogP contribution in [0.2, 0.25) is 0 Å². The van der Waals surface area contributed by atoms with Gasteiger partial charge in [0.15, 0.2) is 17.0 Å². The highest BCUT2D eigenvalue weighted by molar-refractivity contribution is 5.93. The summed E-state index contributed by atoms with van der Waals surface area (Å²) in [5.74, 6) is 1.91. The first-order valence-corrected chi connectivity index (χ1v) is 21.5. The van der Waals surface area contributed by atoms with E-state index in [4.69, 9.17) is 30.1 Å². The maximum Gasteiger partial charge on any atom is 0.413 e. The minimum absolute atomic E-state index is 0.0613. The fourth-order valence-corrected chi connectivity index (χ4v) is 8.00. The Hall–Kier alpha value is -5.88. The number of unbranched alkanes of at least 4 members (excludes halogenated alkanes) is 4. The molecule has 0 bridgehead atoms. The molecule has 1 aliphatic heterocycles. The average Bonchev–Trinajstić information content (AvgIpc) is 3.96.